The predicted octanol–water partition coefficient (Wildman–Crippen LogP) is 3.61. The fraction of sp³-hybridized carbons (Fsp3) is 0.167. The standard InChI is InChI=1S/C18H16ClFN4O2/c1-10(21-18(26)22-13-5-3-4-12(20)9-13)16-23-15-8-11(19)6-7-14(15)17(25)24(16)2/h3-10H,1-2H3,(H2,21,22,26). The zero-order valence-electron chi connectivity index (χ0n) is 14.1. The van der Waals surface area contributed by atoms with E-state index in [9.17, 15) is 14.0 Å². The Kier molecular flexibility index (Phi) is 4.90. The lowest BCUT2D eigenvalue weighted by Gasteiger charge is -2.17. The molecule has 0 bridgehead atoms. The summed E-state index contributed by atoms with van der Waals surface area (Å²) in [6.45, 7) is 1.70. The molecule has 0 saturated carbocycles. The first-order chi connectivity index (χ1) is 12.3. The summed E-state index contributed by atoms with van der Waals surface area (Å²) in [4.78, 5) is 29.1. The van der Waals surface area contributed by atoms with E-state index >= 15 is 0 Å². The van der Waals surface area contributed by atoms with E-state index in [0.29, 0.717) is 27.4 Å². The summed E-state index contributed by atoms with van der Waals surface area (Å²) in [6, 6.07) is 9.29. The van der Waals surface area contributed by atoms with Gasteiger partial charge in [-0.05, 0) is 43.3 Å². The topological polar surface area (TPSA) is 76.0 Å². The first kappa shape index (κ1) is 17.9. The number of nitrogens with one attached hydrogen (secondary N) is 2. The van der Waals surface area contributed by atoms with Crippen molar-refractivity contribution in [3.8, 4) is 0 Å². The third-order valence-electron chi connectivity index (χ3n) is 3.89. The monoisotopic (exact) mass is 374 g/mol. The normalized spacial score (nSPS) is 12.0. The van der Waals surface area contributed by atoms with Crippen molar-refractivity contribution in [2.24, 2.45) is 7.05 Å². The van der Waals surface area contributed by atoms with Gasteiger partial charge < -0.3 is 10.6 Å². The van der Waals surface area contributed by atoms with Crippen LogP contribution in [0.25, 0.3) is 10.9 Å². The van der Waals surface area contributed by atoms with Crippen LogP contribution in [0.15, 0.2) is 47.3 Å². The molecular weight excluding hydrogens is 359 g/mol. The summed E-state index contributed by atoms with van der Waals surface area (Å²) in [5.41, 5.74) is 0.539. The molecule has 0 aliphatic carbocycles. The molecule has 0 aliphatic heterocycles. The van der Waals surface area contributed by atoms with Gasteiger partial charge >= 0.3 is 6.03 Å². The van der Waals surface area contributed by atoms with Gasteiger partial charge in [-0.15, -0.1) is 0 Å². The molecule has 3 rings (SSSR count). The minimum absolute atomic E-state index is 0.235. The lowest BCUT2D eigenvalue weighted by molar-refractivity contribution is 0.248. The van der Waals surface area contributed by atoms with Crippen molar-refractivity contribution in [1.29, 1.82) is 0 Å². The zero-order valence-corrected chi connectivity index (χ0v) is 14.8. The lowest BCUT2D eigenvalue weighted by atomic mass is 10.2. The van der Waals surface area contributed by atoms with Crippen LogP contribution in [0.5, 0.6) is 0 Å². The molecule has 2 amide bonds. The smallest absolute Gasteiger partial charge is 0.319 e. The molecule has 26 heavy (non-hydrogen) atoms. The molecular formula is C18H16ClFN4O2. The Hall–Kier alpha value is -2.93. The second kappa shape index (κ2) is 7.13. The van der Waals surface area contributed by atoms with E-state index in [4.69, 9.17) is 11.6 Å². The highest BCUT2D eigenvalue weighted by Gasteiger charge is 2.17. The van der Waals surface area contributed by atoms with Crippen LogP contribution in [0.3, 0.4) is 0 Å². The van der Waals surface area contributed by atoms with Gasteiger partial charge in [0, 0.05) is 17.8 Å². The third kappa shape index (κ3) is 3.67. The molecule has 3 aromatic rings. The molecule has 0 radical (unpaired) electrons. The Morgan fingerprint density at radius 1 is 1.27 bits per heavy atom. The number of urea groups is 1. The van der Waals surface area contributed by atoms with E-state index in [1.807, 2.05) is 0 Å². The molecule has 0 aliphatic rings. The quantitative estimate of drug-likeness (QED) is 0.735. The van der Waals surface area contributed by atoms with Crippen molar-refractivity contribution >= 4 is 34.2 Å². The first-order valence-electron chi connectivity index (χ1n) is 7.84. The molecule has 1 atom stereocenters. The highest BCUT2D eigenvalue weighted by Crippen LogP contribution is 2.17. The average molecular weight is 375 g/mol. The molecule has 0 saturated heterocycles. The summed E-state index contributed by atoms with van der Waals surface area (Å²) in [5.74, 6) is -0.0783. The summed E-state index contributed by atoms with van der Waals surface area (Å²) in [6.07, 6.45) is 0. The number of nitrogens with zero attached hydrogens (tertiary/aromatic N) is 2. The lowest BCUT2D eigenvalue weighted by Crippen LogP contribution is -2.35. The van der Waals surface area contributed by atoms with Crippen molar-refractivity contribution in [2.45, 2.75) is 13.0 Å². The van der Waals surface area contributed by atoms with Gasteiger partial charge in [-0.25, -0.2) is 14.2 Å². The van der Waals surface area contributed by atoms with Gasteiger partial charge in [-0.3, -0.25) is 9.36 Å². The number of benzene rings is 2. The molecule has 0 spiro atoms. The maximum absolute atomic E-state index is 13.2. The van der Waals surface area contributed by atoms with Crippen LogP contribution >= 0.6 is 11.6 Å². The zero-order chi connectivity index (χ0) is 18.8. The Balaban J connectivity index is 1.85. The number of carbonyl (C=O) groups excluding carboxylic acids is 1. The fourth-order valence-electron chi connectivity index (χ4n) is 2.64. The van der Waals surface area contributed by atoms with Gasteiger partial charge in [-0.2, -0.15) is 0 Å². The summed E-state index contributed by atoms with van der Waals surface area (Å²) in [5, 5.41) is 6.13. The van der Waals surface area contributed by atoms with Crippen LogP contribution in [-0.2, 0) is 7.05 Å². The van der Waals surface area contributed by atoms with E-state index in [-0.39, 0.29) is 5.56 Å². The molecule has 6 nitrogen and oxygen atoms in total. The van der Waals surface area contributed by atoms with Crippen LogP contribution in [0.2, 0.25) is 5.02 Å². The molecule has 1 unspecified atom stereocenters. The van der Waals surface area contributed by atoms with Crippen LogP contribution in [0.1, 0.15) is 18.8 Å². The fourth-order valence-corrected chi connectivity index (χ4v) is 2.81. The van der Waals surface area contributed by atoms with Gasteiger partial charge in [0.25, 0.3) is 5.56 Å². The highest BCUT2D eigenvalue weighted by atomic mass is 35.5. The average Bonchev–Trinajstić information content (AvgIpc) is 2.57. The van der Waals surface area contributed by atoms with E-state index in [0.717, 1.165) is 0 Å². The number of amides is 2. The first-order valence-corrected chi connectivity index (χ1v) is 8.22. The molecule has 134 valence electrons. The number of anilines is 1. The molecule has 2 aromatic carbocycles. The second-order valence-corrected chi connectivity index (χ2v) is 6.26. The molecule has 1 aromatic heterocycles. The maximum Gasteiger partial charge on any atom is 0.319 e. The predicted molar refractivity (Wildman–Crippen MR) is 99.0 cm³/mol. The Morgan fingerprint density at radius 3 is 2.77 bits per heavy atom. The number of aromatic nitrogens is 2. The van der Waals surface area contributed by atoms with Gasteiger partial charge in [0.1, 0.15) is 11.6 Å². The molecule has 8 heteroatoms. The maximum atomic E-state index is 13.2. The Bertz CT molecular complexity index is 1050. The van der Waals surface area contributed by atoms with E-state index in [1.54, 1.807) is 38.2 Å². The van der Waals surface area contributed by atoms with Crippen molar-refractivity contribution in [3.63, 3.8) is 0 Å². The van der Waals surface area contributed by atoms with Crippen molar-refractivity contribution < 1.29 is 9.18 Å². The summed E-state index contributed by atoms with van der Waals surface area (Å²) < 4.78 is 14.6. The number of halogens is 2. The van der Waals surface area contributed by atoms with Crippen molar-refractivity contribution in [3.05, 3.63) is 69.5 Å². The largest absolute Gasteiger partial charge is 0.328 e. The Labute approximate surface area is 153 Å². The van der Waals surface area contributed by atoms with Crippen molar-refractivity contribution in [1.82, 2.24) is 14.9 Å². The SMILES string of the molecule is CC(NC(=O)Nc1cccc(F)c1)c1nc2cc(Cl)ccc2c(=O)n1C. The number of rotatable bonds is 3. The highest BCUT2D eigenvalue weighted by molar-refractivity contribution is 6.31. The minimum atomic E-state index is -0.565. The van der Waals surface area contributed by atoms with E-state index < -0.39 is 17.9 Å². The van der Waals surface area contributed by atoms with Crippen LogP contribution in [0, 0.1) is 5.82 Å². The van der Waals surface area contributed by atoms with Crippen LogP contribution in [-0.4, -0.2) is 15.6 Å². The van der Waals surface area contributed by atoms with Gasteiger partial charge in [0.05, 0.1) is 16.9 Å². The summed E-state index contributed by atoms with van der Waals surface area (Å²) in [7, 11) is 1.58. The van der Waals surface area contributed by atoms with E-state index in [1.165, 1.54) is 22.8 Å². The van der Waals surface area contributed by atoms with Crippen LogP contribution < -0.4 is 16.2 Å². The van der Waals surface area contributed by atoms with Gasteiger partial charge in [0.2, 0.25) is 0 Å². The second-order valence-electron chi connectivity index (χ2n) is 5.83. The van der Waals surface area contributed by atoms with Gasteiger partial charge in [0.15, 0.2) is 0 Å². The third-order valence-corrected chi connectivity index (χ3v) is 4.13. The number of hydrogen-bond donors (Lipinski definition) is 2. The number of fused-ring (bicyclic) bond motifs is 1. The van der Waals surface area contributed by atoms with Crippen LogP contribution in [0.4, 0.5) is 14.9 Å². The molecule has 0 fully saturated rings. The van der Waals surface area contributed by atoms with E-state index in [2.05, 4.69) is 15.6 Å². The number of carbonyl (C=O) groups is 1. The Morgan fingerprint density at radius 2 is 2.04 bits per heavy atom. The number of hydrogen-bond acceptors (Lipinski definition) is 3. The summed E-state index contributed by atoms with van der Waals surface area (Å²) >= 11 is 5.97. The minimum Gasteiger partial charge on any atom is -0.328 e. The molecule has 2 N–H and O–H groups in total. The van der Waals surface area contributed by atoms with Gasteiger partial charge in [-0.1, -0.05) is 17.7 Å². The van der Waals surface area contributed by atoms with Crippen molar-refractivity contribution in [2.75, 3.05) is 5.32 Å². The molecule has 1 heterocycles.